The van der Waals surface area contributed by atoms with Crippen LogP contribution in [0.5, 0.6) is 0 Å². The van der Waals surface area contributed by atoms with Gasteiger partial charge in [-0.2, -0.15) is 0 Å². The lowest BCUT2D eigenvalue weighted by Gasteiger charge is -2.23. The van der Waals surface area contributed by atoms with Gasteiger partial charge in [0.25, 0.3) is 0 Å². The monoisotopic (exact) mass is 251 g/mol. The number of amides is 2. The first kappa shape index (κ1) is 17.6. The highest BCUT2D eigenvalue weighted by Crippen LogP contribution is 1.97. The molecule has 2 N–H and O–H groups in total. The second-order valence-electron chi connectivity index (χ2n) is 3.64. The Hall–Kier alpha value is -0.810. The third kappa shape index (κ3) is 6.63. The maximum absolute atomic E-state index is 11.6. The Morgan fingerprint density at radius 2 is 1.75 bits per heavy atom. The average molecular weight is 252 g/mol. The number of rotatable bonds is 6. The van der Waals surface area contributed by atoms with E-state index in [1.54, 1.807) is 19.0 Å². The molecule has 0 aromatic heterocycles. The molecule has 16 heavy (non-hydrogen) atoms. The zero-order chi connectivity index (χ0) is 11.8. The van der Waals surface area contributed by atoms with E-state index < -0.39 is 0 Å². The molecule has 0 atom stereocenters. The largest absolute Gasteiger partial charge is 0.347 e. The Morgan fingerprint density at radius 1 is 1.19 bits per heavy atom. The molecule has 0 aromatic rings. The topological polar surface area (TPSA) is 66.6 Å². The molecule has 0 heterocycles. The van der Waals surface area contributed by atoms with Gasteiger partial charge < -0.3 is 15.5 Å². The smallest absolute Gasteiger partial charge is 0.241 e. The minimum absolute atomic E-state index is 0. The summed E-state index contributed by atoms with van der Waals surface area (Å²) in [5.74, 6) is -0.108. The van der Waals surface area contributed by atoms with Crippen LogP contribution in [0.1, 0.15) is 19.8 Å². The normalized spacial score (nSPS) is 9.25. The lowest BCUT2D eigenvalue weighted by molar-refractivity contribution is -0.139. The summed E-state index contributed by atoms with van der Waals surface area (Å²) >= 11 is 0. The predicted octanol–water partition coefficient (Wildman–Crippen LogP) is 0.0838. The van der Waals surface area contributed by atoms with Crippen LogP contribution >= 0.6 is 12.4 Å². The van der Waals surface area contributed by atoms with E-state index >= 15 is 0 Å². The second-order valence-corrected chi connectivity index (χ2v) is 3.64. The third-order valence-electron chi connectivity index (χ3n) is 2.03. The number of hydrogen-bond donors (Lipinski definition) is 1. The van der Waals surface area contributed by atoms with E-state index in [-0.39, 0.29) is 30.8 Å². The quantitative estimate of drug-likeness (QED) is 0.727. The van der Waals surface area contributed by atoms with E-state index in [9.17, 15) is 9.59 Å². The lowest BCUT2D eigenvalue weighted by atomic mass is 10.3. The molecule has 0 saturated carbocycles. The van der Waals surface area contributed by atoms with Crippen molar-refractivity contribution in [2.75, 3.05) is 33.7 Å². The van der Waals surface area contributed by atoms with E-state index in [1.165, 1.54) is 4.90 Å². The number of hydrogen-bond acceptors (Lipinski definition) is 3. The highest BCUT2D eigenvalue weighted by molar-refractivity contribution is 5.85. The van der Waals surface area contributed by atoms with Crippen LogP contribution in [0.15, 0.2) is 0 Å². The number of carbonyl (C=O) groups is 2. The Balaban J connectivity index is 0. The Bertz CT molecular complexity index is 222. The van der Waals surface area contributed by atoms with Crippen molar-refractivity contribution in [2.24, 2.45) is 5.73 Å². The summed E-state index contributed by atoms with van der Waals surface area (Å²) in [6.07, 6.45) is 1.15. The van der Waals surface area contributed by atoms with Gasteiger partial charge >= 0.3 is 0 Å². The molecule has 6 heteroatoms. The molecule has 0 aromatic carbocycles. The molecule has 0 fully saturated rings. The standard InChI is InChI=1S/C10H21N3O2.ClH/c1-4-7-13(9(14)5-6-11)8-10(15)12(2)3;/h4-8,11H2,1-3H3;1H. The molecular formula is C10H22ClN3O2. The minimum atomic E-state index is -0.0613. The van der Waals surface area contributed by atoms with Gasteiger partial charge in [-0.05, 0) is 6.42 Å². The summed E-state index contributed by atoms with van der Waals surface area (Å²) in [6, 6.07) is 0. The van der Waals surface area contributed by atoms with Gasteiger partial charge in [-0.25, -0.2) is 0 Å². The number of halogens is 1. The van der Waals surface area contributed by atoms with Crippen LogP contribution in [0.2, 0.25) is 0 Å². The van der Waals surface area contributed by atoms with Crippen molar-refractivity contribution in [2.45, 2.75) is 19.8 Å². The SMILES string of the molecule is CCCN(CC(=O)N(C)C)C(=O)CCN.Cl. The van der Waals surface area contributed by atoms with Gasteiger partial charge in [0, 0.05) is 33.6 Å². The van der Waals surface area contributed by atoms with Crippen LogP contribution in [0.3, 0.4) is 0 Å². The summed E-state index contributed by atoms with van der Waals surface area (Å²) in [7, 11) is 3.36. The Kier molecular flexibility index (Phi) is 10.3. The van der Waals surface area contributed by atoms with Crippen molar-refractivity contribution in [1.29, 1.82) is 0 Å². The number of carbonyl (C=O) groups excluding carboxylic acids is 2. The van der Waals surface area contributed by atoms with Gasteiger partial charge in [-0.15, -0.1) is 12.4 Å². The fourth-order valence-electron chi connectivity index (χ4n) is 1.15. The molecule has 0 unspecified atom stereocenters. The van der Waals surface area contributed by atoms with Crippen molar-refractivity contribution >= 4 is 24.2 Å². The fourth-order valence-corrected chi connectivity index (χ4v) is 1.15. The zero-order valence-corrected chi connectivity index (χ0v) is 11.0. The van der Waals surface area contributed by atoms with Crippen molar-refractivity contribution in [3.8, 4) is 0 Å². The van der Waals surface area contributed by atoms with Crippen LogP contribution in [0.25, 0.3) is 0 Å². The van der Waals surface area contributed by atoms with E-state index in [0.717, 1.165) is 6.42 Å². The molecule has 0 aliphatic rings. The third-order valence-corrected chi connectivity index (χ3v) is 2.03. The summed E-state index contributed by atoms with van der Waals surface area (Å²) < 4.78 is 0. The first-order valence-corrected chi connectivity index (χ1v) is 5.20. The van der Waals surface area contributed by atoms with E-state index in [1.807, 2.05) is 6.92 Å². The van der Waals surface area contributed by atoms with Crippen LogP contribution in [-0.2, 0) is 9.59 Å². The molecular weight excluding hydrogens is 230 g/mol. The van der Waals surface area contributed by atoms with Gasteiger partial charge in [-0.1, -0.05) is 6.92 Å². The van der Waals surface area contributed by atoms with Crippen LogP contribution in [-0.4, -0.2) is 55.3 Å². The average Bonchev–Trinajstić information content (AvgIpc) is 2.17. The first-order chi connectivity index (χ1) is 7.02. The van der Waals surface area contributed by atoms with Gasteiger partial charge in [-0.3, -0.25) is 9.59 Å². The van der Waals surface area contributed by atoms with Gasteiger partial charge in [0.15, 0.2) is 0 Å². The minimum Gasteiger partial charge on any atom is -0.347 e. The molecule has 96 valence electrons. The summed E-state index contributed by atoms with van der Waals surface area (Å²) in [5.41, 5.74) is 5.31. The van der Waals surface area contributed by atoms with Gasteiger partial charge in [0.05, 0.1) is 6.54 Å². The molecule has 0 radical (unpaired) electrons. The highest BCUT2D eigenvalue weighted by Gasteiger charge is 2.16. The van der Waals surface area contributed by atoms with E-state index in [4.69, 9.17) is 5.73 Å². The number of nitrogens with zero attached hydrogens (tertiary/aromatic N) is 2. The predicted molar refractivity (Wildman–Crippen MR) is 66.5 cm³/mol. The molecule has 0 saturated heterocycles. The molecule has 0 aliphatic carbocycles. The van der Waals surface area contributed by atoms with E-state index in [0.29, 0.717) is 19.5 Å². The van der Waals surface area contributed by atoms with Crippen LogP contribution < -0.4 is 5.73 Å². The maximum Gasteiger partial charge on any atom is 0.241 e. The summed E-state index contributed by atoms with van der Waals surface area (Å²) in [5, 5.41) is 0. The fraction of sp³-hybridized carbons (Fsp3) is 0.800. The second kappa shape index (κ2) is 9.42. The van der Waals surface area contributed by atoms with Crippen LogP contribution in [0, 0.1) is 0 Å². The van der Waals surface area contributed by atoms with Crippen molar-refractivity contribution < 1.29 is 9.59 Å². The van der Waals surface area contributed by atoms with E-state index in [2.05, 4.69) is 0 Å². The molecule has 5 nitrogen and oxygen atoms in total. The highest BCUT2D eigenvalue weighted by atomic mass is 35.5. The van der Waals surface area contributed by atoms with Crippen LogP contribution in [0.4, 0.5) is 0 Å². The Morgan fingerprint density at radius 3 is 2.12 bits per heavy atom. The van der Waals surface area contributed by atoms with Gasteiger partial charge in [0.1, 0.15) is 0 Å². The zero-order valence-electron chi connectivity index (χ0n) is 10.2. The molecule has 2 amide bonds. The Labute approximate surface area is 103 Å². The summed E-state index contributed by atoms with van der Waals surface area (Å²) in [6.45, 7) is 3.07. The van der Waals surface area contributed by atoms with Crippen molar-refractivity contribution in [3.63, 3.8) is 0 Å². The van der Waals surface area contributed by atoms with Crippen molar-refractivity contribution in [3.05, 3.63) is 0 Å². The summed E-state index contributed by atoms with van der Waals surface area (Å²) in [4.78, 5) is 26.1. The number of likely N-dealkylation sites (N-methyl/N-ethyl adjacent to an activating group) is 1. The maximum atomic E-state index is 11.6. The van der Waals surface area contributed by atoms with Crippen molar-refractivity contribution in [1.82, 2.24) is 9.80 Å². The van der Waals surface area contributed by atoms with Gasteiger partial charge in [0.2, 0.25) is 11.8 Å². The first-order valence-electron chi connectivity index (χ1n) is 5.20. The molecule has 0 bridgehead atoms. The lowest BCUT2D eigenvalue weighted by Crippen LogP contribution is -2.41. The molecule has 0 rings (SSSR count). The molecule has 0 spiro atoms. The number of nitrogens with two attached hydrogens (primary N) is 1. The molecule has 0 aliphatic heterocycles.